The fourth-order valence-electron chi connectivity index (χ4n) is 2.70. The molecule has 0 bridgehead atoms. The first kappa shape index (κ1) is 13.1. The third-order valence-corrected chi connectivity index (χ3v) is 3.92. The van der Waals surface area contributed by atoms with E-state index in [1.165, 1.54) is 16.7 Å². The van der Waals surface area contributed by atoms with Gasteiger partial charge in [-0.2, -0.15) is 0 Å². The van der Waals surface area contributed by atoms with E-state index in [4.69, 9.17) is 4.74 Å². The second kappa shape index (κ2) is 5.63. The van der Waals surface area contributed by atoms with E-state index in [1.807, 2.05) is 12.4 Å². The summed E-state index contributed by atoms with van der Waals surface area (Å²) in [7, 11) is 0. The van der Waals surface area contributed by atoms with E-state index in [0.29, 0.717) is 12.1 Å². The minimum atomic E-state index is 0.303. The Kier molecular flexibility index (Phi) is 3.70. The van der Waals surface area contributed by atoms with Crippen molar-refractivity contribution in [3.8, 4) is 5.75 Å². The van der Waals surface area contributed by atoms with Crippen LogP contribution in [0, 0.1) is 0 Å². The zero-order valence-corrected chi connectivity index (χ0v) is 12.0. The maximum absolute atomic E-state index is 5.56. The van der Waals surface area contributed by atoms with Crippen LogP contribution in [0.4, 0.5) is 0 Å². The monoisotopic (exact) mass is 268 g/mol. The van der Waals surface area contributed by atoms with E-state index in [0.717, 1.165) is 18.8 Å². The van der Waals surface area contributed by atoms with Gasteiger partial charge in [-0.25, -0.2) is 0 Å². The lowest BCUT2D eigenvalue weighted by Gasteiger charge is -2.21. The topological polar surface area (TPSA) is 34.2 Å². The van der Waals surface area contributed by atoms with Gasteiger partial charge < -0.3 is 10.1 Å². The van der Waals surface area contributed by atoms with Crippen LogP contribution < -0.4 is 10.1 Å². The number of rotatable bonds is 4. The minimum Gasteiger partial charge on any atom is -0.493 e. The molecule has 0 saturated heterocycles. The molecule has 0 aliphatic carbocycles. The predicted molar refractivity (Wildman–Crippen MR) is 79.8 cm³/mol. The van der Waals surface area contributed by atoms with Crippen LogP contribution in [0.15, 0.2) is 42.7 Å². The van der Waals surface area contributed by atoms with Crippen LogP contribution in [0.5, 0.6) is 5.75 Å². The molecule has 20 heavy (non-hydrogen) atoms. The molecule has 1 aliphatic heterocycles. The highest BCUT2D eigenvalue weighted by Crippen LogP contribution is 2.28. The standard InChI is InChI=1S/C17H20N2O/c1-12(14-5-8-18-9-6-14)19-13(2)15-3-4-17-16(11-15)7-10-20-17/h3-6,8-9,11-13,19H,7,10H2,1-2H3/t12-,13?/m1/s1. The first-order valence-corrected chi connectivity index (χ1v) is 7.15. The van der Waals surface area contributed by atoms with Crippen LogP contribution in [-0.2, 0) is 6.42 Å². The molecule has 2 heterocycles. The van der Waals surface area contributed by atoms with Crippen molar-refractivity contribution in [1.29, 1.82) is 0 Å². The molecule has 104 valence electrons. The molecule has 3 rings (SSSR count). The first-order valence-electron chi connectivity index (χ1n) is 7.15. The predicted octanol–water partition coefficient (Wildman–Crippen LogP) is 3.43. The van der Waals surface area contributed by atoms with E-state index < -0.39 is 0 Å². The Morgan fingerprint density at radius 3 is 2.60 bits per heavy atom. The Labute approximate surface area is 120 Å². The molecule has 0 radical (unpaired) electrons. The van der Waals surface area contributed by atoms with Gasteiger partial charge in [-0.15, -0.1) is 0 Å². The van der Waals surface area contributed by atoms with Gasteiger partial charge in [0.1, 0.15) is 5.75 Å². The molecule has 2 atom stereocenters. The normalized spacial score (nSPS) is 16.3. The first-order chi connectivity index (χ1) is 9.74. The second-order valence-corrected chi connectivity index (χ2v) is 5.36. The summed E-state index contributed by atoms with van der Waals surface area (Å²) < 4.78 is 5.56. The quantitative estimate of drug-likeness (QED) is 0.922. The number of hydrogen-bond donors (Lipinski definition) is 1. The van der Waals surface area contributed by atoms with Crippen LogP contribution in [0.3, 0.4) is 0 Å². The van der Waals surface area contributed by atoms with Crippen LogP contribution in [0.1, 0.15) is 42.6 Å². The number of benzene rings is 1. The third kappa shape index (κ3) is 2.68. The van der Waals surface area contributed by atoms with Crippen LogP contribution >= 0.6 is 0 Å². The third-order valence-electron chi connectivity index (χ3n) is 3.92. The van der Waals surface area contributed by atoms with Crippen molar-refractivity contribution in [2.75, 3.05) is 6.61 Å². The van der Waals surface area contributed by atoms with E-state index >= 15 is 0 Å². The maximum Gasteiger partial charge on any atom is 0.122 e. The zero-order chi connectivity index (χ0) is 13.9. The highest BCUT2D eigenvalue weighted by molar-refractivity contribution is 5.40. The Morgan fingerprint density at radius 1 is 1.05 bits per heavy atom. The number of fused-ring (bicyclic) bond motifs is 1. The lowest BCUT2D eigenvalue weighted by Crippen LogP contribution is -2.22. The molecule has 0 fully saturated rings. The summed E-state index contributed by atoms with van der Waals surface area (Å²) in [4.78, 5) is 4.06. The number of aromatic nitrogens is 1. The van der Waals surface area contributed by atoms with Crippen molar-refractivity contribution in [3.05, 3.63) is 59.4 Å². The fourth-order valence-corrected chi connectivity index (χ4v) is 2.70. The molecule has 0 saturated carbocycles. The summed E-state index contributed by atoms with van der Waals surface area (Å²) in [5.74, 6) is 1.04. The van der Waals surface area contributed by atoms with Crippen LogP contribution in [0.2, 0.25) is 0 Å². The van der Waals surface area contributed by atoms with Crippen molar-refractivity contribution in [3.63, 3.8) is 0 Å². The molecule has 1 N–H and O–H groups in total. The molecule has 2 aromatic rings. The molecular formula is C17H20N2O. The molecule has 1 aliphatic rings. The van der Waals surface area contributed by atoms with Crippen molar-refractivity contribution in [1.82, 2.24) is 10.3 Å². The molecular weight excluding hydrogens is 248 g/mol. The molecule has 0 amide bonds. The zero-order valence-electron chi connectivity index (χ0n) is 12.0. The van der Waals surface area contributed by atoms with Gasteiger partial charge in [-0.05, 0) is 48.7 Å². The van der Waals surface area contributed by atoms with Gasteiger partial charge in [0.05, 0.1) is 6.61 Å². The van der Waals surface area contributed by atoms with Crippen molar-refractivity contribution >= 4 is 0 Å². The number of pyridine rings is 1. The lowest BCUT2D eigenvalue weighted by molar-refractivity contribution is 0.356. The Bertz CT molecular complexity index is 583. The summed E-state index contributed by atoms with van der Waals surface area (Å²) in [6.07, 6.45) is 4.70. The molecule has 3 heteroatoms. The van der Waals surface area contributed by atoms with E-state index in [1.54, 1.807) is 0 Å². The number of nitrogens with one attached hydrogen (secondary N) is 1. The van der Waals surface area contributed by atoms with E-state index in [9.17, 15) is 0 Å². The van der Waals surface area contributed by atoms with Crippen LogP contribution in [-0.4, -0.2) is 11.6 Å². The maximum atomic E-state index is 5.56. The molecule has 0 spiro atoms. The SMILES string of the molecule is CC(N[C@H](C)c1ccncc1)c1ccc2c(c1)CCO2. The van der Waals surface area contributed by atoms with Gasteiger partial charge >= 0.3 is 0 Å². The molecule has 1 aromatic carbocycles. The smallest absolute Gasteiger partial charge is 0.122 e. The lowest BCUT2D eigenvalue weighted by atomic mass is 10.0. The molecule has 1 unspecified atom stereocenters. The Balaban J connectivity index is 1.71. The fraction of sp³-hybridized carbons (Fsp3) is 0.353. The molecule has 3 nitrogen and oxygen atoms in total. The number of ether oxygens (including phenoxy) is 1. The van der Waals surface area contributed by atoms with Gasteiger partial charge in [0.25, 0.3) is 0 Å². The molecule has 1 aromatic heterocycles. The van der Waals surface area contributed by atoms with E-state index in [-0.39, 0.29) is 0 Å². The van der Waals surface area contributed by atoms with Gasteiger partial charge in [0, 0.05) is 30.9 Å². The summed E-state index contributed by atoms with van der Waals surface area (Å²) in [6, 6.07) is 11.2. The summed E-state index contributed by atoms with van der Waals surface area (Å²) in [5.41, 5.74) is 3.90. The summed E-state index contributed by atoms with van der Waals surface area (Å²) in [6.45, 7) is 5.20. The summed E-state index contributed by atoms with van der Waals surface area (Å²) in [5, 5.41) is 3.64. The van der Waals surface area contributed by atoms with Gasteiger partial charge in [-0.1, -0.05) is 12.1 Å². The summed E-state index contributed by atoms with van der Waals surface area (Å²) >= 11 is 0. The second-order valence-electron chi connectivity index (χ2n) is 5.36. The van der Waals surface area contributed by atoms with E-state index in [2.05, 4.69) is 54.5 Å². The highest BCUT2D eigenvalue weighted by atomic mass is 16.5. The van der Waals surface area contributed by atoms with Crippen molar-refractivity contribution in [2.45, 2.75) is 32.4 Å². The van der Waals surface area contributed by atoms with Crippen molar-refractivity contribution < 1.29 is 4.74 Å². The van der Waals surface area contributed by atoms with Gasteiger partial charge in [-0.3, -0.25) is 4.98 Å². The highest BCUT2D eigenvalue weighted by Gasteiger charge is 2.16. The minimum absolute atomic E-state index is 0.303. The van der Waals surface area contributed by atoms with Gasteiger partial charge in [0.15, 0.2) is 0 Å². The average Bonchev–Trinajstić information content (AvgIpc) is 2.95. The Hall–Kier alpha value is -1.87. The number of nitrogens with zero attached hydrogens (tertiary/aromatic N) is 1. The number of hydrogen-bond acceptors (Lipinski definition) is 3. The Morgan fingerprint density at radius 2 is 1.80 bits per heavy atom. The largest absolute Gasteiger partial charge is 0.493 e. The van der Waals surface area contributed by atoms with Gasteiger partial charge in [0.2, 0.25) is 0 Å². The van der Waals surface area contributed by atoms with Crippen molar-refractivity contribution in [2.24, 2.45) is 0 Å². The average molecular weight is 268 g/mol. The van der Waals surface area contributed by atoms with Crippen LogP contribution in [0.25, 0.3) is 0 Å².